The van der Waals surface area contributed by atoms with Crippen LogP contribution in [-0.2, 0) is 14.3 Å². The quantitative estimate of drug-likeness (QED) is 0.669. The largest absolute Gasteiger partial charge is 0.463 e. The maximum atomic E-state index is 12.6. The number of carbonyl (C=O) groups is 1. The molecule has 1 aliphatic heterocycles. The number of hydrogen-bond donors (Lipinski definition) is 1. The van der Waals surface area contributed by atoms with E-state index >= 15 is 0 Å². The number of hydrogen-bond acceptors (Lipinski definition) is 7. The smallest absolute Gasteiger partial charge is 0.338 e. The molecule has 2 heterocycles. The van der Waals surface area contributed by atoms with Crippen LogP contribution in [0.25, 0.3) is 0 Å². The van der Waals surface area contributed by atoms with Gasteiger partial charge in [-0.2, -0.15) is 5.26 Å². The summed E-state index contributed by atoms with van der Waals surface area (Å²) in [5.74, 6) is -0.120. The number of esters is 1. The summed E-state index contributed by atoms with van der Waals surface area (Å²) in [4.78, 5) is 16.8. The molecule has 148 valence electrons. The fraction of sp³-hybridized carbons (Fsp3) is 0.190. The fourth-order valence-corrected chi connectivity index (χ4v) is 3.22. The highest BCUT2D eigenvalue weighted by Gasteiger charge is 2.36. The summed E-state index contributed by atoms with van der Waals surface area (Å²) in [5, 5.41) is 9.65. The summed E-state index contributed by atoms with van der Waals surface area (Å²) in [6, 6.07) is 12.6. The molecule has 1 aliphatic rings. The third-order valence-electron chi connectivity index (χ3n) is 4.22. The Balaban J connectivity index is 2.03. The lowest BCUT2D eigenvalue weighted by Crippen LogP contribution is -2.25. The molecule has 0 bridgehead atoms. The van der Waals surface area contributed by atoms with Gasteiger partial charge in [0.2, 0.25) is 11.8 Å². The number of nitrogens with two attached hydrogens (primary N) is 1. The maximum absolute atomic E-state index is 12.6. The Labute approximate surface area is 176 Å². The molecule has 8 heteroatoms. The van der Waals surface area contributed by atoms with Crippen molar-refractivity contribution in [3.8, 4) is 17.7 Å². The van der Waals surface area contributed by atoms with E-state index in [1.807, 2.05) is 6.07 Å². The molecular weight excluding hydrogens is 438 g/mol. The Kier molecular flexibility index (Phi) is 6.20. The second-order valence-corrected chi connectivity index (χ2v) is 7.02. The number of nitrogens with zero attached hydrogens (tertiary/aromatic N) is 2. The summed E-state index contributed by atoms with van der Waals surface area (Å²) in [6.45, 7) is 3.52. The van der Waals surface area contributed by atoms with Gasteiger partial charge in [-0.1, -0.05) is 12.1 Å². The van der Waals surface area contributed by atoms with Crippen molar-refractivity contribution >= 4 is 21.9 Å². The zero-order valence-corrected chi connectivity index (χ0v) is 17.4. The molecule has 3 rings (SSSR count). The van der Waals surface area contributed by atoms with Gasteiger partial charge in [0.25, 0.3) is 0 Å². The van der Waals surface area contributed by atoms with Crippen LogP contribution in [0.3, 0.4) is 0 Å². The van der Waals surface area contributed by atoms with E-state index in [2.05, 4.69) is 27.0 Å². The SMILES string of the molecule is CCOC(=O)C1=C(C)OC(N)=C(C#N)C1c1cccc(Oc2ccc(Br)cn2)c1. The van der Waals surface area contributed by atoms with Gasteiger partial charge in [-0.25, -0.2) is 9.78 Å². The lowest BCUT2D eigenvalue weighted by atomic mass is 9.83. The highest BCUT2D eigenvalue weighted by Crippen LogP contribution is 2.40. The van der Waals surface area contributed by atoms with E-state index < -0.39 is 11.9 Å². The van der Waals surface area contributed by atoms with Crippen LogP contribution in [0.5, 0.6) is 11.6 Å². The molecule has 0 fully saturated rings. The van der Waals surface area contributed by atoms with Crippen molar-refractivity contribution in [3.63, 3.8) is 0 Å². The summed E-state index contributed by atoms with van der Waals surface area (Å²) in [7, 11) is 0. The minimum Gasteiger partial charge on any atom is -0.463 e. The number of nitriles is 1. The molecule has 1 aromatic heterocycles. The molecule has 2 N–H and O–H groups in total. The van der Waals surface area contributed by atoms with Crippen molar-refractivity contribution in [1.29, 1.82) is 5.26 Å². The van der Waals surface area contributed by atoms with E-state index in [-0.39, 0.29) is 23.6 Å². The Morgan fingerprint density at radius 2 is 2.17 bits per heavy atom. The topological polar surface area (TPSA) is 107 Å². The molecule has 0 aliphatic carbocycles. The first-order valence-electron chi connectivity index (χ1n) is 8.79. The number of carbonyl (C=O) groups excluding carboxylic acids is 1. The van der Waals surface area contributed by atoms with E-state index in [9.17, 15) is 10.1 Å². The molecule has 0 radical (unpaired) electrons. The van der Waals surface area contributed by atoms with Gasteiger partial charge in [0.05, 0.1) is 18.1 Å². The predicted molar refractivity (Wildman–Crippen MR) is 108 cm³/mol. The molecule has 29 heavy (non-hydrogen) atoms. The second-order valence-electron chi connectivity index (χ2n) is 6.10. The Bertz CT molecular complexity index is 1040. The molecular formula is C21H18BrN3O4. The molecule has 0 spiro atoms. The van der Waals surface area contributed by atoms with Crippen molar-refractivity contribution in [2.45, 2.75) is 19.8 Å². The average molecular weight is 456 g/mol. The van der Waals surface area contributed by atoms with Gasteiger partial charge in [0.15, 0.2) is 0 Å². The maximum Gasteiger partial charge on any atom is 0.338 e. The summed E-state index contributed by atoms with van der Waals surface area (Å²) < 4.78 is 17.2. The van der Waals surface area contributed by atoms with E-state index in [0.29, 0.717) is 23.0 Å². The number of allylic oxidation sites excluding steroid dienone is 2. The minimum absolute atomic E-state index is 0.0380. The van der Waals surface area contributed by atoms with Crippen molar-refractivity contribution in [2.24, 2.45) is 5.73 Å². The monoisotopic (exact) mass is 455 g/mol. The van der Waals surface area contributed by atoms with Crippen LogP contribution in [0.1, 0.15) is 25.3 Å². The van der Waals surface area contributed by atoms with Gasteiger partial charge in [-0.15, -0.1) is 0 Å². The third-order valence-corrected chi connectivity index (χ3v) is 4.68. The molecule has 1 atom stereocenters. The van der Waals surface area contributed by atoms with E-state index in [1.54, 1.807) is 50.4 Å². The molecule has 0 amide bonds. The van der Waals surface area contributed by atoms with Crippen molar-refractivity contribution in [3.05, 3.63) is 75.4 Å². The van der Waals surface area contributed by atoms with Crippen LogP contribution in [0.15, 0.2) is 69.9 Å². The Hall–Kier alpha value is -3.31. The number of benzene rings is 1. The molecule has 2 aromatic rings. The average Bonchev–Trinajstić information content (AvgIpc) is 2.69. The highest BCUT2D eigenvalue weighted by atomic mass is 79.9. The van der Waals surface area contributed by atoms with Crippen molar-refractivity contribution in [1.82, 2.24) is 4.98 Å². The molecule has 0 saturated heterocycles. The molecule has 1 unspecified atom stereocenters. The van der Waals surface area contributed by atoms with Crippen LogP contribution in [-0.4, -0.2) is 17.6 Å². The standard InChI is InChI=1S/C21H18BrN3O4/c1-3-27-21(26)18-12(2)28-20(24)16(10-23)19(18)13-5-4-6-15(9-13)29-17-8-7-14(22)11-25-17/h4-9,11,19H,3,24H2,1-2H3. The number of ether oxygens (including phenoxy) is 3. The molecule has 1 aromatic carbocycles. The number of halogens is 1. The normalized spacial score (nSPS) is 16.1. The van der Waals surface area contributed by atoms with E-state index in [4.69, 9.17) is 19.9 Å². The first-order valence-corrected chi connectivity index (χ1v) is 9.58. The van der Waals surface area contributed by atoms with Crippen LogP contribution >= 0.6 is 15.9 Å². The molecule has 0 saturated carbocycles. The lowest BCUT2D eigenvalue weighted by molar-refractivity contribution is -0.139. The summed E-state index contributed by atoms with van der Waals surface area (Å²) in [5.41, 5.74) is 6.94. The Morgan fingerprint density at radius 1 is 1.38 bits per heavy atom. The van der Waals surface area contributed by atoms with Gasteiger partial charge in [-0.05, 0) is 53.5 Å². The van der Waals surface area contributed by atoms with Crippen LogP contribution in [0.4, 0.5) is 0 Å². The van der Waals surface area contributed by atoms with Gasteiger partial charge in [0, 0.05) is 16.7 Å². The van der Waals surface area contributed by atoms with Gasteiger partial charge < -0.3 is 19.9 Å². The summed E-state index contributed by atoms with van der Waals surface area (Å²) in [6.07, 6.45) is 1.62. The highest BCUT2D eigenvalue weighted by molar-refractivity contribution is 9.10. The van der Waals surface area contributed by atoms with Crippen molar-refractivity contribution in [2.75, 3.05) is 6.61 Å². The zero-order chi connectivity index (χ0) is 21.0. The zero-order valence-electron chi connectivity index (χ0n) is 15.8. The van der Waals surface area contributed by atoms with E-state index in [1.165, 1.54) is 0 Å². The van der Waals surface area contributed by atoms with Gasteiger partial charge >= 0.3 is 5.97 Å². The minimum atomic E-state index is -0.728. The first-order chi connectivity index (χ1) is 13.9. The van der Waals surface area contributed by atoms with Crippen LogP contribution < -0.4 is 10.5 Å². The lowest BCUT2D eigenvalue weighted by Gasteiger charge is -2.27. The van der Waals surface area contributed by atoms with Crippen molar-refractivity contribution < 1.29 is 19.0 Å². The second kappa shape index (κ2) is 8.80. The van der Waals surface area contributed by atoms with Gasteiger partial charge in [-0.3, -0.25) is 0 Å². The third kappa shape index (κ3) is 4.41. The summed E-state index contributed by atoms with van der Waals surface area (Å²) >= 11 is 3.33. The van der Waals surface area contributed by atoms with Crippen LogP contribution in [0, 0.1) is 11.3 Å². The number of aromatic nitrogens is 1. The van der Waals surface area contributed by atoms with E-state index in [0.717, 1.165) is 4.47 Å². The number of pyridine rings is 1. The molecule has 7 nitrogen and oxygen atoms in total. The van der Waals surface area contributed by atoms with Crippen LogP contribution in [0.2, 0.25) is 0 Å². The van der Waals surface area contributed by atoms with Gasteiger partial charge in [0.1, 0.15) is 23.2 Å². The number of rotatable bonds is 5. The predicted octanol–water partition coefficient (Wildman–Crippen LogP) is 4.28. The Morgan fingerprint density at radius 3 is 2.83 bits per heavy atom. The first kappa shape index (κ1) is 20.4. The fourth-order valence-electron chi connectivity index (χ4n) is 2.99.